The number of benzene rings is 1. The van der Waals surface area contributed by atoms with Gasteiger partial charge in [0, 0.05) is 39.8 Å². The second-order valence-electron chi connectivity index (χ2n) is 5.28. The Morgan fingerprint density at radius 3 is 2.48 bits per heavy atom. The minimum atomic E-state index is 0.0259. The molecule has 5 nitrogen and oxygen atoms in total. The summed E-state index contributed by atoms with van der Waals surface area (Å²) in [7, 11) is 1.68. The number of hydrogen-bond acceptors (Lipinski definition) is 3. The number of carbonyl (C=O) groups is 1. The predicted molar refractivity (Wildman–Crippen MR) is 83.1 cm³/mol. The summed E-state index contributed by atoms with van der Waals surface area (Å²) in [6.07, 6.45) is 0. The van der Waals surface area contributed by atoms with Gasteiger partial charge in [0.05, 0.1) is 6.61 Å². The number of piperazine rings is 1. The fraction of sp³-hybridized carbons (Fsp3) is 0.562. The number of rotatable bonds is 5. The van der Waals surface area contributed by atoms with Crippen LogP contribution in [0.25, 0.3) is 0 Å². The Bertz CT molecular complexity index is 457. The van der Waals surface area contributed by atoms with Gasteiger partial charge >= 0.3 is 6.03 Å². The second kappa shape index (κ2) is 8.00. The quantitative estimate of drug-likeness (QED) is 0.898. The number of urea groups is 1. The summed E-state index contributed by atoms with van der Waals surface area (Å²) in [5, 5.41) is 3.01. The van der Waals surface area contributed by atoms with E-state index in [2.05, 4.69) is 17.1 Å². The van der Waals surface area contributed by atoms with Gasteiger partial charge in [0.15, 0.2) is 0 Å². The van der Waals surface area contributed by atoms with Gasteiger partial charge in [-0.2, -0.15) is 0 Å². The highest BCUT2D eigenvalue weighted by Crippen LogP contribution is 2.10. The minimum absolute atomic E-state index is 0.0259. The summed E-state index contributed by atoms with van der Waals surface area (Å²) in [6, 6.07) is 8.07. The van der Waals surface area contributed by atoms with Crippen LogP contribution < -0.4 is 5.32 Å². The number of amides is 2. The van der Waals surface area contributed by atoms with E-state index < -0.39 is 0 Å². The first kappa shape index (κ1) is 15.8. The molecule has 0 aliphatic carbocycles. The molecule has 1 N–H and O–H groups in total. The van der Waals surface area contributed by atoms with E-state index in [1.807, 2.05) is 29.2 Å². The van der Waals surface area contributed by atoms with Crippen molar-refractivity contribution >= 4 is 6.03 Å². The lowest BCUT2D eigenvalue weighted by atomic mass is 10.1. The largest absolute Gasteiger partial charge is 0.380 e. The number of likely N-dealkylation sites (N-methyl/N-ethyl adjacent to an activating group) is 1. The van der Waals surface area contributed by atoms with Crippen LogP contribution in [-0.2, 0) is 17.9 Å². The van der Waals surface area contributed by atoms with Crippen LogP contribution in [-0.4, -0.2) is 55.7 Å². The maximum Gasteiger partial charge on any atom is 0.317 e. The molecule has 1 heterocycles. The van der Waals surface area contributed by atoms with Crippen LogP contribution in [0.1, 0.15) is 18.1 Å². The minimum Gasteiger partial charge on any atom is -0.380 e. The van der Waals surface area contributed by atoms with Gasteiger partial charge in [0.25, 0.3) is 0 Å². The Kier molecular flexibility index (Phi) is 6.02. The molecule has 1 aliphatic heterocycles. The van der Waals surface area contributed by atoms with Crippen LogP contribution in [0.2, 0.25) is 0 Å². The highest BCUT2D eigenvalue weighted by atomic mass is 16.5. The van der Waals surface area contributed by atoms with Gasteiger partial charge in [0.2, 0.25) is 0 Å². The number of carbonyl (C=O) groups excluding carboxylic acids is 1. The highest BCUT2D eigenvalue weighted by Gasteiger charge is 2.19. The lowest BCUT2D eigenvalue weighted by Crippen LogP contribution is -2.51. The van der Waals surface area contributed by atoms with Crippen LogP contribution >= 0.6 is 0 Å². The zero-order chi connectivity index (χ0) is 15.1. The van der Waals surface area contributed by atoms with Gasteiger partial charge < -0.3 is 19.9 Å². The van der Waals surface area contributed by atoms with Crippen molar-refractivity contribution in [2.24, 2.45) is 0 Å². The van der Waals surface area contributed by atoms with Gasteiger partial charge in [-0.3, -0.25) is 0 Å². The summed E-state index contributed by atoms with van der Waals surface area (Å²) in [5.74, 6) is 0. The fourth-order valence-electron chi connectivity index (χ4n) is 2.58. The molecule has 0 radical (unpaired) electrons. The molecule has 2 rings (SSSR count). The van der Waals surface area contributed by atoms with Crippen LogP contribution in [0.5, 0.6) is 0 Å². The summed E-state index contributed by atoms with van der Waals surface area (Å²) in [5.41, 5.74) is 2.23. The van der Waals surface area contributed by atoms with Gasteiger partial charge in [-0.05, 0) is 17.7 Å². The van der Waals surface area contributed by atoms with E-state index >= 15 is 0 Å². The molecule has 21 heavy (non-hydrogen) atoms. The summed E-state index contributed by atoms with van der Waals surface area (Å²) < 4.78 is 5.19. The predicted octanol–water partition coefficient (Wildman–Crippen LogP) is 1.68. The van der Waals surface area contributed by atoms with Crippen LogP contribution in [0.4, 0.5) is 4.79 Å². The molecule has 1 aliphatic rings. The topological polar surface area (TPSA) is 44.8 Å². The smallest absolute Gasteiger partial charge is 0.317 e. The van der Waals surface area contributed by atoms with Crippen molar-refractivity contribution in [1.82, 2.24) is 15.1 Å². The molecule has 2 amide bonds. The molecule has 1 aromatic rings. The number of methoxy groups -OCH3 is 1. The van der Waals surface area contributed by atoms with E-state index in [0.717, 1.165) is 43.9 Å². The fourth-order valence-corrected chi connectivity index (χ4v) is 2.58. The standard InChI is InChI=1S/C16H25N3O2/c1-3-18-8-10-19(11-9-18)16(20)17-12-14-6-4-5-7-15(14)13-21-2/h4-7H,3,8-13H2,1-2H3,(H,17,20). The van der Waals surface area contributed by atoms with Gasteiger partial charge in [-0.25, -0.2) is 4.79 Å². The molecule has 0 saturated carbocycles. The molecule has 0 unspecified atom stereocenters. The maximum atomic E-state index is 12.2. The molecule has 0 atom stereocenters. The van der Waals surface area contributed by atoms with E-state index in [1.165, 1.54) is 0 Å². The molecule has 116 valence electrons. The van der Waals surface area contributed by atoms with E-state index in [0.29, 0.717) is 13.2 Å². The number of nitrogens with zero attached hydrogens (tertiary/aromatic N) is 2. The average Bonchev–Trinajstić information content (AvgIpc) is 2.54. The number of ether oxygens (including phenoxy) is 1. The first-order chi connectivity index (χ1) is 10.2. The zero-order valence-corrected chi connectivity index (χ0v) is 13.0. The first-order valence-electron chi connectivity index (χ1n) is 7.55. The molecule has 1 fully saturated rings. The molecule has 1 aromatic carbocycles. The molecule has 5 heteroatoms. The number of hydrogen-bond donors (Lipinski definition) is 1. The molecule has 0 spiro atoms. The summed E-state index contributed by atoms with van der Waals surface area (Å²) in [6.45, 7) is 7.86. The first-order valence-corrected chi connectivity index (χ1v) is 7.55. The normalized spacial score (nSPS) is 16.0. The van der Waals surface area contributed by atoms with E-state index in [-0.39, 0.29) is 6.03 Å². The highest BCUT2D eigenvalue weighted by molar-refractivity contribution is 5.74. The van der Waals surface area contributed by atoms with Crippen molar-refractivity contribution in [3.05, 3.63) is 35.4 Å². The second-order valence-corrected chi connectivity index (χ2v) is 5.28. The lowest BCUT2D eigenvalue weighted by Gasteiger charge is -2.34. The Morgan fingerprint density at radius 1 is 1.19 bits per heavy atom. The molecule has 0 aromatic heterocycles. The van der Waals surface area contributed by atoms with Crippen molar-refractivity contribution < 1.29 is 9.53 Å². The number of nitrogens with one attached hydrogen (secondary N) is 1. The summed E-state index contributed by atoms with van der Waals surface area (Å²) >= 11 is 0. The molecule has 1 saturated heterocycles. The van der Waals surface area contributed by atoms with Crippen molar-refractivity contribution in [1.29, 1.82) is 0 Å². The Hall–Kier alpha value is -1.59. The zero-order valence-electron chi connectivity index (χ0n) is 13.0. The molecule has 0 bridgehead atoms. The third-order valence-electron chi connectivity index (χ3n) is 3.96. The Labute approximate surface area is 126 Å². The van der Waals surface area contributed by atoms with E-state index in [9.17, 15) is 4.79 Å². The lowest BCUT2D eigenvalue weighted by molar-refractivity contribution is 0.142. The average molecular weight is 291 g/mol. The Balaban J connectivity index is 1.84. The summed E-state index contributed by atoms with van der Waals surface area (Å²) in [4.78, 5) is 16.5. The Morgan fingerprint density at radius 2 is 1.86 bits per heavy atom. The van der Waals surface area contributed by atoms with Crippen LogP contribution in [0.15, 0.2) is 24.3 Å². The van der Waals surface area contributed by atoms with Gasteiger partial charge in [-0.15, -0.1) is 0 Å². The van der Waals surface area contributed by atoms with Gasteiger partial charge in [0.1, 0.15) is 0 Å². The molecular formula is C16H25N3O2. The molecular weight excluding hydrogens is 266 g/mol. The van der Waals surface area contributed by atoms with Crippen molar-refractivity contribution in [2.45, 2.75) is 20.1 Å². The van der Waals surface area contributed by atoms with Crippen molar-refractivity contribution in [3.8, 4) is 0 Å². The monoisotopic (exact) mass is 291 g/mol. The van der Waals surface area contributed by atoms with Crippen LogP contribution in [0.3, 0.4) is 0 Å². The SMILES string of the molecule is CCN1CCN(C(=O)NCc2ccccc2COC)CC1. The van der Waals surface area contributed by atoms with E-state index in [4.69, 9.17) is 4.74 Å². The van der Waals surface area contributed by atoms with Crippen molar-refractivity contribution in [3.63, 3.8) is 0 Å². The van der Waals surface area contributed by atoms with Crippen LogP contribution in [0, 0.1) is 0 Å². The third kappa shape index (κ3) is 4.44. The third-order valence-corrected chi connectivity index (χ3v) is 3.96. The van der Waals surface area contributed by atoms with Gasteiger partial charge in [-0.1, -0.05) is 31.2 Å². The van der Waals surface area contributed by atoms with E-state index in [1.54, 1.807) is 7.11 Å². The van der Waals surface area contributed by atoms with Crippen molar-refractivity contribution in [2.75, 3.05) is 39.8 Å². The maximum absolute atomic E-state index is 12.2.